The molecule has 1 N–H and O–H groups in total. The summed E-state index contributed by atoms with van der Waals surface area (Å²) >= 11 is 5.17. The Balaban J connectivity index is 1.74. The number of nitrogens with zero attached hydrogens (tertiary/aromatic N) is 1. The number of ether oxygens (including phenoxy) is 1. The Kier molecular flexibility index (Phi) is 3.30. The second-order valence-corrected chi connectivity index (χ2v) is 6.83. The minimum absolute atomic E-state index is 0.0293. The molecule has 1 atom stereocenters. The van der Waals surface area contributed by atoms with Crippen molar-refractivity contribution in [2.45, 2.75) is 25.4 Å². The van der Waals surface area contributed by atoms with E-state index >= 15 is 0 Å². The molecule has 2 aromatic rings. The van der Waals surface area contributed by atoms with Crippen molar-refractivity contribution in [1.29, 1.82) is 0 Å². The maximum absolute atomic E-state index is 5.76. The van der Waals surface area contributed by atoms with Gasteiger partial charge in [0.15, 0.2) is 5.13 Å². The number of anilines is 1. The summed E-state index contributed by atoms with van der Waals surface area (Å²) in [5.41, 5.74) is 1.02. The molecule has 0 spiro atoms. The van der Waals surface area contributed by atoms with Crippen LogP contribution in [0.25, 0.3) is 10.2 Å². The highest BCUT2D eigenvalue weighted by atomic mass is 79.9. The van der Waals surface area contributed by atoms with Gasteiger partial charge in [-0.1, -0.05) is 27.3 Å². The second kappa shape index (κ2) is 4.79. The molecule has 1 unspecified atom stereocenters. The van der Waals surface area contributed by atoms with Crippen molar-refractivity contribution in [3.8, 4) is 0 Å². The number of aromatic nitrogens is 1. The summed E-state index contributed by atoms with van der Waals surface area (Å²) in [5, 5.41) is 4.38. The first kappa shape index (κ1) is 12.4. The largest absolute Gasteiger partial charge is 0.373 e. The smallest absolute Gasteiger partial charge is 0.183 e. The zero-order chi connectivity index (χ0) is 12.6. The summed E-state index contributed by atoms with van der Waals surface area (Å²) in [6, 6.07) is 6.16. The maximum Gasteiger partial charge on any atom is 0.183 e. The van der Waals surface area contributed by atoms with Gasteiger partial charge in [-0.05, 0) is 38.0 Å². The molecule has 96 valence electrons. The molecule has 1 saturated heterocycles. The minimum Gasteiger partial charge on any atom is -0.373 e. The standard InChI is InChI=1S/C13H15BrN2OS/c1-13(5-2-6-17-13)8-15-12-16-10-4-3-9(14)7-11(10)18-12/h3-4,7H,2,5-6,8H2,1H3,(H,15,16). The molecule has 1 aliphatic heterocycles. The van der Waals surface area contributed by atoms with Crippen LogP contribution in [-0.4, -0.2) is 23.7 Å². The molecular formula is C13H15BrN2OS. The fourth-order valence-electron chi connectivity index (χ4n) is 2.21. The van der Waals surface area contributed by atoms with Gasteiger partial charge in [0.2, 0.25) is 0 Å². The number of hydrogen-bond donors (Lipinski definition) is 1. The van der Waals surface area contributed by atoms with Gasteiger partial charge in [0, 0.05) is 17.6 Å². The molecule has 0 radical (unpaired) electrons. The summed E-state index contributed by atoms with van der Waals surface area (Å²) in [5.74, 6) is 0. The molecular weight excluding hydrogens is 312 g/mol. The molecule has 0 amide bonds. The van der Waals surface area contributed by atoms with E-state index in [9.17, 15) is 0 Å². The topological polar surface area (TPSA) is 34.2 Å². The quantitative estimate of drug-likeness (QED) is 0.924. The number of hydrogen-bond acceptors (Lipinski definition) is 4. The van der Waals surface area contributed by atoms with Crippen LogP contribution in [0, 0.1) is 0 Å². The van der Waals surface area contributed by atoms with E-state index in [4.69, 9.17) is 4.74 Å². The predicted octanol–water partition coefficient (Wildman–Crippen LogP) is 4.04. The first-order valence-corrected chi connectivity index (χ1v) is 7.70. The van der Waals surface area contributed by atoms with Crippen molar-refractivity contribution in [3.05, 3.63) is 22.7 Å². The van der Waals surface area contributed by atoms with Gasteiger partial charge in [0.25, 0.3) is 0 Å². The Morgan fingerprint density at radius 2 is 2.44 bits per heavy atom. The second-order valence-electron chi connectivity index (χ2n) is 4.89. The lowest BCUT2D eigenvalue weighted by Crippen LogP contribution is -2.32. The Morgan fingerprint density at radius 3 is 3.22 bits per heavy atom. The zero-order valence-electron chi connectivity index (χ0n) is 10.2. The fraction of sp³-hybridized carbons (Fsp3) is 0.462. The van der Waals surface area contributed by atoms with Crippen LogP contribution in [0.5, 0.6) is 0 Å². The van der Waals surface area contributed by atoms with Gasteiger partial charge in [-0.2, -0.15) is 0 Å². The van der Waals surface area contributed by atoms with E-state index < -0.39 is 0 Å². The number of rotatable bonds is 3. The minimum atomic E-state index is -0.0293. The van der Waals surface area contributed by atoms with Gasteiger partial charge in [-0.25, -0.2) is 4.98 Å². The van der Waals surface area contributed by atoms with Gasteiger partial charge in [-0.15, -0.1) is 0 Å². The third-order valence-electron chi connectivity index (χ3n) is 3.26. The third-order valence-corrected chi connectivity index (χ3v) is 4.73. The first-order valence-electron chi connectivity index (χ1n) is 6.09. The van der Waals surface area contributed by atoms with Crippen molar-refractivity contribution in [3.63, 3.8) is 0 Å². The van der Waals surface area contributed by atoms with Gasteiger partial charge < -0.3 is 10.1 Å². The van der Waals surface area contributed by atoms with E-state index in [1.54, 1.807) is 11.3 Å². The number of halogens is 1. The molecule has 1 fully saturated rings. The number of thiazole rings is 1. The SMILES string of the molecule is CC1(CNc2nc3ccc(Br)cc3s2)CCCO1. The zero-order valence-corrected chi connectivity index (χ0v) is 12.6. The van der Waals surface area contributed by atoms with Crippen LogP contribution in [0.4, 0.5) is 5.13 Å². The molecule has 0 saturated carbocycles. The van der Waals surface area contributed by atoms with Crippen LogP contribution in [0.1, 0.15) is 19.8 Å². The Hall–Kier alpha value is -0.650. The Morgan fingerprint density at radius 1 is 1.56 bits per heavy atom. The summed E-state index contributed by atoms with van der Waals surface area (Å²) in [6.45, 7) is 3.87. The molecule has 1 aromatic carbocycles. The van der Waals surface area contributed by atoms with Crippen LogP contribution in [0.3, 0.4) is 0 Å². The first-order chi connectivity index (χ1) is 8.65. The predicted molar refractivity (Wildman–Crippen MR) is 79.4 cm³/mol. The Bertz CT molecular complexity index is 563. The van der Waals surface area contributed by atoms with E-state index in [1.165, 1.54) is 4.70 Å². The van der Waals surface area contributed by atoms with Crippen LogP contribution in [0.15, 0.2) is 22.7 Å². The highest BCUT2D eigenvalue weighted by Crippen LogP contribution is 2.30. The number of benzene rings is 1. The highest BCUT2D eigenvalue weighted by Gasteiger charge is 2.29. The summed E-state index contributed by atoms with van der Waals surface area (Å²) in [6.07, 6.45) is 2.28. The van der Waals surface area contributed by atoms with Gasteiger partial charge in [0.05, 0.1) is 15.8 Å². The van der Waals surface area contributed by atoms with Gasteiger partial charge >= 0.3 is 0 Å². The summed E-state index contributed by atoms with van der Waals surface area (Å²) in [7, 11) is 0. The van der Waals surface area contributed by atoms with E-state index in [-0.39, 0.29) is 5.60 Å². The maximum atomic E-state index is 5.76. The highest BCUT2D eigenvalue weighted by molar-refractivity contribution is 9.10. The van der Waals surface area contributed by atoms with Crippen molar-refractivity contribution in [1.82, 2.24) is 4.98 Å². The molecule has 3 nitrogen and oxygen atoms in total. The fourth-order valence-corrected chi connectivity index (χ4v) is 3.63. The monoisotopic (exact) mass is 326 g/mol. The van der Waals surface area contributed by atoms with Crippen LogP contribution >= 0.6 is 27.3 Å². The molecule has 0 bridgehead atoms. The number of nitrogens with one attached hydrogen (secondary N) is 1. The van der Waals surface area contributed by atoms with Gasteiger partial charge in [-0.3, -0.25) is 0 Å². The van der Waals surface area contributed by atoms with Crippen LogP contribution in [-0.2, 0) is 4.74 Å². The van der Waals surface area contributed by atoms with Crippen LogP contribution < -0.4 is 5.32 Å². The number of fused-ring (bicyclic) bond motifs is 1. The van der Waals surface area contributed by atoms with Crippen molar-refractivity contribution in [2.24, 2.45) is 0 Å². The molecule has 1 aliphatic rings. The lowest BCUT2D eigenvalue weighted by atomic mass is 10.0. The van der Waals surface area contributed by atoms with Crippen LogP contribution in [0.2, 0.25) is 0 Å². The van der Waals surface area contributed by atoms with E-state index in [0.29, 0.717) is 0 Å². The van der Waals surface area contributed by atoms with Crippen molar-refractivity contribution >= 4 is 42.6 Å². The third kappa shape index (κ3) is 2.53. The van der Waals surface area contributed by atoms with E-state index in [0.717, 1.165) is 41.1 Å². The molecule has 0 aliphatic carbocycles. The summed E-state index contributed by atoms with van der Waals surface area (Å²) < 4.78 is 8.05. The molecule has 5 heteroatoms. The van der Waals surface area contributed by atoms with Gasteiger partial charge in [0.1, 0.15) is 0 Å². The molecule has 1 aromatic heterocycles. The molecule has 3 rings (SSSR count). The average Bonchev–Trinajstić information content (AvgIpc) is 2.93. The normalized spacial score (nSPS) is 23.7. The Labute approximate surface area is 119 Å². The lowest BCUT2D eigenvalue weighted by molar-refractivity contribution is 0.0315. The molecule has 2 heterocycles. The van der Waals surface area contributed by atoms with E-state index in [1.807, 2.05) is 12.1 Å². The molecule has 18 heavy (non-hydrogen) atoms. The van der Waals surface area contributed by atoms with Crippen molar-refractivity contribution < 1.29 is 4.74 Å². The van der Waals surface area contributed by atoms with Crippen molar-refractivity contribution in [2.75, 3.05) is 18.5 Å². The summed E-state index contributed by atoms with van der Waals surface area (Å²) in [4.78, 5) is 4.58. The lowest BCUT2D eigenvalue weighted by Gasteiger charge is -2.22. The average molecular weight is 327 g/mol. The van der Waals surface area contributed by atoms with E-state index in [2.05, 4.69) is 39.2 Å².